The number of anilines is 1. The Morgan fingerprint density at radius 1 is 1.19 bits per heavy atom. The number of aromatic nitrogens is 2. The summed E-state index contributed by atoms with van der Waals surface area (Å²) in [6, 6.07) is 7.06. The topological polar surface area (TPSA) is 120 Å². The summed E-state index contributed by atoms with van der Waals surface area (Å²) in [7, 11) is -2.32. The number of sulfonamides is 1. The monoisotopic (exact) mass is 414 g/mol. The van der Waals surface area contributed by atoms with E-state index >= 15 is 0 Å². The second kappa shape index (κ2) is 8.63. The summed E-state index contributed by atoms with van der Waals surface area (Å²) in [5.41, 5.74) is -0.626. The van der Waals surface area contributed by atoms with Gasteiger partial charge in [-0.3, -0.25) is 4.79 Å². The molecule has 9 nitrogen and oxygen atoms in total. The third kappa shape index (κ3) is 5.88. The van der Waals surface area contributed by atoms with Gasteiger partial charge in [0.25, 0.3) is 10.0 Å². The lowest BCUT2D eigenvalue weighted by Gasteiger charge is -2.15. The van der Waals surface area contributed by atoms with Gasteiger partial charge in [0.1, 0.15) is 6.61 Å². The average Bonchev–Trinajstić information content (AvgIpc) is 3.07. The van der Waals surface area contributed by atoms with E-state index in [-0.39, 0.29) is 28.5 Å². The highest BCUT2D eigenvalue weighted by Crippen LogP contribution is 2.26. The van der Waals surface area contributed by atoms with Crippen LogP contribution in [0.1, 0.15) is 20.8 Å². The molecule has 2 rings (SSSR count). The quantitative estimate of drug-likeness (QED) is 0.500. The third-order valence-corrected chi connectivity index (χ3v) is 5.93. The molecule has 0 radical (unpaired) electrons. The Bertz CT molecular complexity index is 890. The van der Waals surface area contributed by atoms with E-state index in [2.05, 4.69) is 20.2 Å². The van der Waals surface area contributed by atoms with Gasteiger partial charge < -0.3 is 14.8 Å². The predicted molar refractivity (Wildman–Crippen MR) is 102 cm³/mol. The first-order chi connectivity index (χ1) is 12.6. The molecule has 0 unspecified atom stereocenters. The van der Waals surface area contributed by atoms with Crippen LogP contribution >= 0.6 is 11.3 Å². The van der Waals surface area contributed by atoms with Crippen LogP contribution in [0.5, 0.6) is 11.5 Å². The maximum absolute atomic E-state index is 12.3. The summed E-state index contributed by atoms with van der Waals surface area (Å²) in [5.74, 6) is 0.798. The molecule has 0 saturated heterocycles. The summed E-state index contributed by atoms with van der Waals surface area (Å²) in [6.45, 7) is 5.36. The number of carbonyl (C=O) groups is 1. The van der Waals surface area contributed by atoms with E-state index in [1.165, 1.54) is 7.11 Å². The second-order valence-corrected chi connectivity index (χ2v) is 9.39. The van der Waals surface area contributed by atoms with E-state index in [0.717, 1.165) is 11.3 Å². The Kier molecular flexibility index (Phi) is 6.73. The van der Waals surface area contributed by atoms with Crippen LogP contribution in [0.15, 0.2) is 28.6 Å². The van der Waals surface area contributed by atoms with Crippen LogP contribution in [0.3, 0.4) is 0 Å². The Labute approximate surface area is 162 Å². The second-order valence-electron chi connectivity index (χ2n) is 6.47. The number of nitrogens with zero attached hydrogens (tertiary/aromatic N) is 2. The molecule has 0 aliphatic rings. The highest BCUT2D eigenvalue weighted by Gasteiger charge is 2.25. The van der Waals surface area contributed by atoms with Gasteiger partial charge >= 0.3 is 0 Å². The molecule has 0 atom stereocenters. The smallest absolute Gasteiger partial charge is 0.269 e. The zero-order chi connectivity index (χ0) is 20.1. The van der Waals surface area contributed by atoms with E-state index < -0.39 is 15.4 Å². The molecule has 1 heterocycles. The molecule has 11 heteroatoms. The Hall–Kier alpha value is -2.24. The van der Waals surface area contributed by atoms with Crippen molar-refractivity contribution in [1.82, 2.24) is 14.9 Å². The number of rotatable bonds is 8. The molecule has 2 aromatic rings. The van der Waals surface area contributed by atoms with Crippen LogP contribution < -0.4 is 19.5 Å². The predicted octanol–water partition coefficient (Wildman–Crippen LogP) is 1.89. The van der Waals surface area contributed by atoms with Gasteiger partial charge in [-0.15, -0.1) is 10.2 Å². The summed E-state index contributed by atoms with van der Waals surface area (Å²) in [4.78, 5) is 11.9. The van der Waals surface area contributed by atoms with Gasteiger partial charge in [-0.2, -0.15) is 0 Å². The number of benzene rings is 1. The highest BCUT2D eigenvalue weighted by atomic mass is 32.2. The Morgan fingerprint density at radius 2 is 1.85 bits per heavy atom. The number of para-hydroxylation sites is 2. The lowest BCUT2D eigenvalue weighted by Crippen LogP contribution is -2.28. The molecule has 0 saturated carbocycles. The van der Waals surface area contributed by atoms with Crippen molar-refractivity contribution in [2.75, 3.05) is 25.6 Å². The standard InChI is InChI=1S/C16H22N4O5S2/c1-16(2,3)13(21)18-14-19-20-15(26-14)27(22,23)17-9-10-25-12-8-6-5-7-11(12)24-4/h5-8,17H,9-10H2,1-4H3,(H,18,19,21). The van der Waals surface area contributed by atoms with Crippen molar-refractivity contribution in [2.45, 2.75) is 25.1 Å². The fourth-order valence-electron chi connectivity index (χ4n) is 1.79. The summed E-state index contributed by atoms with van der Waals surface area (Å²) < 4.78 is 37.4. The first-order valence-electron chi connectivity index (χ1n) is 8.04. The van der Waals surface area contributed by atoms with Gasteiger partial charge in [-0.1, -0.05) is 44.2 Å². The van der Waals surface area contributed by atoms with E-state index in [1.54, 1.807) is 45.0 Å². The molecule has 0 aliphatic carbocycles. The molecule has 1 aromatic carbocycles. The lowest BCUT2D eigenvalue weighted by molar-refractivity contribution is -0.123. The zero-order valence-corrected chi connectivity index (χ0v) is 17.1. The largest absolute Gasteiger partial charge is 0.493 e. The number of nitrogens with one attached hydrogen (secondary N) is 2. The van der Waals surface area contributed by atoms with Crippen LogP contribution in [0.4, 0.5) is 5.13 Å². The minimum absolute atomic E-state index is 0.0314. The van der Waals surface area contributed by atoms with Crippen LogP contribution in [0, 0.1) is 5.41 Å². The normalized spacial score (nSPS) is 11.9. The molecule has 0 aliphatic heterocycles. The van der Waals surface area contributed by atoms with E-state index in [1.807, 2.05) is 0 Å². The molecule has 2 N–H and O–H groups in total. The van der Waals surface area contributed by atoms with Crippen molar-refractivity contribution in [3.63, 3.8) is 0 Å². The minimum atomic E-state index is -3.85. The van der Waals surface area contributed by atoms with Gasteiger partial charge in [0.05, 0.1) is 7.11 Å². The van der Waals surface area contributed by atoms with Crippen LogP contribution in [-0.4, -0.2) is 44.8 Å². The first kappa shape index (κ1) is 21.1. The summed E-state index contributed by atoms with van der Waals surface area (Å²) >= 11 is 0.779. The molecule has 0 spiro atoms. The number of hydrogen-bond acceptors (Lipinski definition) is 8. The van der Waals surface area contributed by atoms with Crippen molar-refractivity contribution < 1.29 is 22.7 Å². The van der Waals surface area contributed by atoms with Crippen LogP contribution in [0.25, 0.3) is 0 Å². The van der Waals surface area contributed by atoms with Gasteiger partial charge in [-0.25, -0.2) is 13.1 Å². The maximum Gasteiger partial charge on any atom is 0.269 e. The van der Waals surface area contributed by atoms with Crippen molar-refractivity contribution in [3.05, 3.63) is 24.3 Å². The van der Waals surface area contributed by atoms with Crippen molar-refractivity contribution >= 4 is 32.4 Å². The third-order valence-electron chi connectivity index (χ3n) is 3.26. The molecular formula is C16H22N4O5S2. The molecule has 27 heavy (non-hydrogen) atoms. The maximum atomic E-state index is 12.3. The van der Waals surface area contributed by atoms with E-state index in [0.29, 0.717) is 11.5 Å². The van der Waals surface area contributed by atoms with Crippen LogP contribution in [-0.2, 0) is 14.8 Å². The Balaban J connectivity index is 1.90. The minimum Gasteiger partial charge on any atom is -0.493 e. The van der Waals surface area contributed by atoms with Crippen molar-refractivity contribution in [2.24, 2.45) is 5.41 Å². The molecule has 0 fully saturated rings. The SMILES string of the molecule is COc1ccccc1OCCNS(=O)(=O)c1nnc(NC(=O)C(C)(C)C)s1. The summed E-state index contributed by atoms with van der Waals surface area (Å²) in [5, 5.41) is 10.0. The number of hydrogen-bond donors (Lipinski definition) is 2. The van der Waals surface area contributed by atoms with Crippen molar-refractivity contribution in [1.29, 1.82) is 0 Å². The number of ether oxygens (including phenoxy) is 2. The zero-order valence-electron chi connectivity index (χ0n) is 15.5. The lowest BCUT2D eigenvalue weighted by atomic mass is 9.96. The number of amides is 1. The van der Waals surface area contributed by atoms with Gasteiger partial charge in [-0.05, 0) is 12.1 Å². The van der Waals surface area contributed by atoms with Crippen LogP contribution in [0.2, 0.25) is 0 Å². The van der Waals surface area contributed by atoms with E-state index in [4.69, 9.17) is 9.47 Å². The fourth-order valence-corrected chi connectivity index (χ4v) is 3.74. The van der Waals surface area contributed by atoms with Gasteiger partial charge in [0.15, 0.2) is 11.5 Å². The Morgan fingerprint density at radius 3 is 2.48 bits per heavy atom. The van der Waals surface area contributed by atoms with Gasteiger partial charge in [0, 0.05) is 12.0 Å². The molecule has 1 aromatic heterocycles. The number of carbonyl (C=O) groups excluding carboxylic acids is 1. The summed E-state index contributed by atoms with van der Waals surface area (Å²) in [6.07, 6.45) is 0. The molecule has 0 bridgehead atoms. The molecule has 1 amide bonds. The van der Waals surface area contributed by atoms with E-state index in [9.17, 15) is 13.2 Å². The fraction of sp³-hybridized carbons (Fsp3) is 0.438. The molecular weight excluding hydrogens is 392 g/mol. The molecule has 148 valence electrons. The van der Waals surface area contributed by atoms with Gasteiger partial charge in [0.2, 0.25) is 15.4 Å². The first-order valence-corrected chi connectivity index (χ1v) is 10.3. The average molecular weight is 415 g/mol. The number of methoxy groups -OCH3 is 1. The van der Waals surface area contributed by atoms with Crippen molar-refractivity contribution in [3.8, 4) is 11.5 Å². The highest BCUT2D eigenvalue weighted by molar-refractivity contribution is 7.91.